The summed E-state index contributed by atoms with van der Waals surface area (Å²) in [5.74, 6) is 0.971. The second kappa shape index (κ2) is 5.31. The third kappa shape index (κ3) is 3.76. The lowest BCUT2D eigenvalue weighted by atomic mass is 9.92. The summed E-state index contributed by atoms with van der Waals surface area (Å²) < 4.78 is 0. The molecule has 0 aliphatic heterocycles. The quantitative estimate of drug-likeness (QED) is 0.758. The highest BCUT2D eigenvalue weighted by atomic mass is 15.1. The smallest absolute Gasteiger partial charge is 0.00951 e. The van der Waals surface area contributed by atoms with E-state index in [1.165, 1.54) is 25.7 Å². The van der Waals surface area contributed by atoms with Crippen LogP contribution in [0.1, 0.15) is 46.5 Å². The molecule has 1 aliphatic rings. The van der Waals surface area contributed by atoms with E-state index in [0.29, 0.717) is 0 Å². The highest BCUT2D eigenvalue weighted by molar-refractivity contribution is 4.84. The van der Waals surface area contributed by atoms with E-state index >= 15 is 0 Å². The zero-order valence-electron chi connectivity index (χ0n) is 10.9. The lowest BCUT2D eigenvalue weighted by Gasteiger charge is -2.33. The molecule has 1 rings (SSSR count). The van der Waals surface area contributed by atoms with Gasteiger partial charge in [-0.05, 0) is 44.2 Å². The molecule has 2 unspecified atom stereocenters. The first-order chi connectivity index (χ1) is 6.98. The molecule has 2 heteroatoms. The van der Waals surface area contributed by atoms with Gasteiger partial charge >= 0.3 is 0 Å². The van der Waals surface area contributed by atoms with Gasteiger partial charge in [0.25, 0.3) is 0 Å². The Kier molecular flexibility index (Phi) is 4.60. The summed E-state index contributed by atoms with van der Waals surface area (Å²) in [6.45, 7) is 8.74. The predicted octanol–water partition coefficient (Wildman–Crippen LogP) is 2.48. The van der Waals surface area contributed by atoms with Crippen LogP contribution >= 0.6 is 0 Å². The maximum Gasteiger partial charge on any atom is 0.00951 e. The molecule has 2 atom stereocenters. The van der Waals surface area contributed by atoms with Crippen LogP contribution in [0.2, 0.25) is 0 Å². The Bertz CT molecular complexity index is 189. The Balaban J connectivity index is 2.38. The third-order valence-corrected chi connectivity index (χ3v) is 3.94. The Hall–Kier alpha value is -0.0800. The Morgan fingerprint density at radius 3 is 2.47 bits per heavy atom. The van der Waals surface area contributed by atoms with Crippen LogP contribution in [0.3, 0.4) is 0 Å². The van der Waals surface area contributed by atoms with Crippen LogP contribution in [0.5, 0.6) is 0 Å². The van der Waals surface area contributed by atoms with Gasteiger partial charge in [0.05, 0.1) is 0 Å². The van der Waals surface area contributed by atoms with Crippen molar-refractivity contribution in [1.82, 2.24) is 4.90 Å². The SMILES string of the molecule is CCC1CCC(N(C)CC(C)(C)CN)C1. The number of rotatable bonds is 5. The molecule has 2 nitrogen and oxygen atoms in total. The van der Waals surface area contributed by atoms with Crippen molar-refractivity contribution in [2.75, 3.05) is 20.1 Å². The summed E-state index contributed by atoms with van der Waals surface area (Å²) >= 11 is 0. The summed E-state index contributed by atoms with van der Waals surface area (Å²) in [7, 11) is 2.26. The summed E-state index contributed by atoms with van der Waals surface area (Å²) in [4.78, 5) is 2.53. The molecular weight excluding hydrogens is 184 g/mol. The second-order valence-electron chi connectivity index (χ2n) is 6.02. The van der Waals surface area contributed by atoms with Gasteiger partial charge in [0.2, 0.25) is 0 Å². The standard InChI is InChI=1S/C13H28N2/c1-5-11-6-7-12(8-11)15(4)10-13(2,3)9-14/h11-12H,5-10,14H2,1-4H3. The van der Waals surface area contributed by atoms with Gasteiger partial charge < -0.3 is 10.6 Å². The summed E-state index contributed by atoms with van der Waals surface area (Å²) in [6, 6.07) is 0.806. The largest absolute Gasteiger partial charge is 0.330 e. The van der Waals surface area contributed by atoms with Crippen LogP contribution in [0, 0.1) is 11.3 Å². The molecule has 1 saturated carbocycles. The Labute approximate surface area is 95.2 Å². The normalized spacial score (nSPS) is 27.6. The van der Waals surface area contributed by atoms with E-state index in [1.54, 1.807) is 0 Å². The van der Waals surface area contributed by atoms with Crippen molar-refractivity contribution in [3.63, 3.8) is 0 Å². The van der Waals surface area contributed by atoms with Gasteiger partial charge in [-0.15, -0.1) is 0 Å². The number of hydrogen-bond donors (Lipinski definition) is 1. The van der Waals surface area contributed by atoms with E-state index in [9.17, 15) is 0 Å². The number of nitrogens with two attached hydrogens (primary N) is 1. The Morgan fingerprint density at radius 2 is 2.00 bits per heavy atom. The first-order valence-corrected chi connectivity index (χ1v) is 6.39. The molecule has 15 heavy (non-hydrogen) atoms. The minimum Gasteiger partial charge on any atom is -0.330 e. The van der Waals surface area contributed by atoms with Crippen molar-refractivity contribution in [3.05, 3.63) is 0 Å². The van der Waals surface area contributed by atoms with Gasteiger partial charge in [0, 0.05) is 12.6 Å². The van der Waals surface area contributed by atoms with E-state index in [2.05, 4.69) is 32.7 Å². The van der Waals surface area contributed by atoms with Gasteiger partial charge in [-0.25, -0.2) is 0 Å². The molecule has 0 heterocycles. The lowest BCUT2D eigenvalue weighted by molar-refractivity contribution is 0.163. The van der Waals surface area contributed by atoms with Crippen molar-refractivity contribution in [2.45, 2.75) is 52.5 Å². The van der Waals surface area contributed by atoms with Gasteiger partial charge in [-0.2, -0.15) is 0 Å². The molecule has 0 amide bonds. The van der Waals surface area contributed by atoms with E-state index in [-0.39, 0.29) is 5.41 Å². The molecule has 0 saturated heterocycles. The fourth-order valence-corrected chi connectivity index (χ4v) is 2.69. The van der Waals surface area contributed by atoms with E-state index in [4.69, 9.17) is 5.73 Å². The molecule has 0 aromatic rings. The molecule has 0 radical (unpaired) electrons. The van der Waals surface area contributed by atoms with Crippen molar-refractivity contribution in [3.8, 4) is 0 Å². The molecule has 0 aromatic heterocycles. The maximum atomic E-state index is 5.78. The maximum absolute atomic E-state index is 5.78. The molecule has 0 aromatic carbocycles. The topological polar surface area (TPSA) is 29.3 Å². The van der Waals surface area contributed by atoms with Crippen LogP contribution < -0.4 is 5.73 Å². The lowest BCUT2D eigenvalue weighted by Crippen LogP contribution is -2.41. The van der Waals surface area contributed by atoms with Gasteiger partial charge in [0.1, 0.15) is 0 Å². The fourth-order valence-electron chi connectivity index (χ4n) is 2.69. The minimum absolute atomic E-state index is 0.263. The highest BCUT2D eigenvalue weighted by Crippen LogP contribution is 2.31. The first kappa shape index (κ1) is 13.0. The van der Waals surface area contributed by atoms with Crippen LogP contribution in [-0.4, -0.2) is 31.1 Å². The zero-order chi connectivity index (χ0) is 11.5. The average molecular weight is 212 g/mol. The summed E-state index contributed by atoms with van der Waals surface area (Å²) in [5.41, 5.74) is 6.04. The fraction of sp³-hybridized carbons (Fsp3) is 1.00. The first-order valence-electron chi connectivity index (χ1n) is 6.39. The van der Waals surface area contributed by atoms with Gasteiger partial charge in [-0.3, -0.25) is 0 Å². The van der Waals surface area contributed by atoms with Crippen LogP contribution in [0.15, 0.2) is 0 Å². The number of nitrogens with zero attached hydrogens (tertiary/aromatic N) is 1. The Morgan fingerprint density at radius 1 is 1.33 bits per heavy atom. The van der Waals surface area contributed by atoms with Crippen LogP contribution in [0.4, 0.5) is 0 Å². The number of hydrogen-bond acceptors (Lipinski definition) is 2. The average Bonchev–Trinajstić information content (AvgIpc) is 2.65. The molecular formula is C13H28N2. The summed E-state index contributed by atoms with van der Waals surface area (Å²) in [5, 5.41) is 0. The van der Waals surface area contributed by atoms with Gasteiger partial charge in [0.15, 0.2) is 0 Å². The van der Waals surface area contributed by atoms with Gasteiger partial charge in [-0.1, -0.05) is 27.2 Å². The van der Waals surface area contributed by atoms with Crippen molar-refractivity contribution in [1.29, 1.82) is 0 Å². The van der Waals surface area contributed by atoms with Crippen LogP contribution in [-0.2, 0) is 0 Å². The van der Waals surface area contributed by atoms with Crippen LogP contribution in [0.25, 0.3) is 0 Å². The molecule has 2 N–H and O–H groups in total. The molecule has 1 fully saturated rings. The van der Waals surface area contributed by atoms with E-state index < -0.39 is 0 Å². The monoisotopic (exact) mass is 212 g/mol. The summed E-state index contributed by atoms with van der Waals surface area (Å²) in [6.07, 6.45) is 5.56. The zero-order valence-corrected chi connectivity index (χ0v) is 10.9. The van der Waals surface area contributed by atoms with Crippen molar-refractivity contribution < 1.29 is 0 Å². The van der Waals surface area contributed by atoms with E-state index in [0.717, 1.165) is 25.0 Å². The molecule has 90 valence electrons. The highest BCUT2D eigenvalue weighted by Gasteiger charge is 2.29. The third-order valence-electron chi connectivity index (χ3n) is 3.94. The minimum atomic E-state index is 0.263. The predicted molar refractivity (Wildman–Crippen MR) is 66.9 cm³/mol. The van der Waals surface area contributed by atoms with Crippen molar-refractivity contribution in [2.24, 2.45) is 17.1 Å². The molecule has 1 aliphatic carbocycles. The van der Waals surface area contributed by atoms with Crippen molar-refractivity contribution >= 4 is 0 Å². The van der Waals surface area contributed by atoms with E-state index in [1.807, 2.05) is 0 Å². The second-order valence-corrected chi connectivity index (χ2v) is 6.02. The molecule has 0 spiro atoms. The molecule has 0 bridgehead atoms.